The standard InChI is InChI=1S/C10H18O/c1-8(2)10-6-4-3-5-9(10)7-11/h7-10H,3-6H2,1-2H3. The number of aldehydes is 1. The van der Waals surface area contributed by atoms with Crippen LogP contribution in [0.3, 0.4) is 0 Å². The Morgan fingerprint density at radius 2 is 1.91 bits per heavy atom. The number of rotatable bonds is 2. The van der Waals surface area contributed by atoms with Gasteiger partial charge in [-0.2, -0.15) is 0 Å². The normalized spacial score (nSPS) is 32.3. The highest BCUT2D eigenvalue weighted by atomic mass is 16.1. The van der Waals surface area contributed by atoms with Gasteiger partial charge in [0.25, 0.3) is 0 Å². The van der Waals surface area contributed by atoms with Gasteiger partial charge in [0.15, 0.2) is 0 Å². The van der Waals surface area contributed by atoms with Crippen LogP contribution in [0.2, 0.25) is 0 Å². The van der Waals surface area contributed by atoms with Gasteiger partial charge in [-0.1, -0.05) is 26.7 Å². The van der Waals surface area contributed by atoms with Crippen LogP contribution < -0.4 is 0 Å². The number of hydrogen-bond donors (Lipinski definition) is 0. The molecule has 2 unspecified atom stereocenters. The molecule has 1 nitrogen and oxygen atoms in total. The molecule has 1 saturated carbocycles. The molecular weight excluding hydrogens is 136 g/mol. The van der Waals surface area contributed by atoms with E-state index in [0.717, 1.165) is 6.42 Å². The van der Waals surface area contributed by atoms with Crippen molar-refractivity contribution in [1.29, 1.82) is 0 Å². The third-order valence-electron chi connectivity index (χ3n) is 2.91. The van der Waals surface area contributed by atoms with E-state index in [9.17, 15) is 4.79 Å². The Morgan fingerprint density at radius 1 is 1.27 bits per heavy atom. The van der Waals surface area contributed by atoms with Gasteiger partial charge in [-0.05, 0) is 24.7 Å². The summed E-state index contributed by atoms with van der Waals surface area (Å²) >= 11 is 0. The van der Waals surface area contributed by atoms with Crippen molar-refractivity contribution in [3.05, 3.63) is 0 Å². The molecule has 0 aromatic rings. The minimum Gasteiger partial charge on any atom is -0.303 e. The Hall–Kier alpha value is -0.330. The molecule has 2 atom stereocenters. The first-order chi connectivity index (χ1) is 5.25. The molecule has 0 aromatic carbocycles. The monoisotopic (exact) mass is 154 g/mol. The van der Waals surface area contributed by atoms with Crippen molar-refractivity contribution in [1.82, 2.24) is 0 Å². The SMILES string of the molecule is CC(C)C1CCCCC1C=O. The quantitative estimate of drug-likeness (QED) is 0.559. The van der Waals surface area contributed by atoms with Crippen LogP contribution in [0.5, 0.6) is 0 Å². The van der Waals surface area contributed by atoms with Gasteiger partial charge in [0.05, 0.1) is 0 Å². The van der Waals surface area contributed by atoms with E-state index < -0.39 is 0 Å². The Morgan fingerprint density at radius 3 is 2.36 bits per heavy atom. The third-order valence-corrected chi connectivity index (χ3v) is 2.91. The second-order valence-corrected chi connectivity index (χ2v) is 3.99. The van der Waals surface area contributed by atoms with Gasteiger partial charge in [0, 0.05) is 5.92 Å². The van der Waals surface area contributed by atoms with Crippen molar-refractivity contribution >= 4 is 6.29 Å². The van der Waals surface area contributed by atoms with Crippen molar-refractivity contribution in [2.75, 3.05) is 0 Å². The van der Waals surface area contributed by atoms with E-state index in [2.05, 4.69) is 13.8 Å². The summed E-state index contributed by atoms with van der Waals surface area (Å²) in [5.74, 6) is 1.72. The summed E-state index contributed by atoms with van der Waals surface area (Å²) in [6.45, 7) is 4.46. The molecule has 0 bridgehead atoms. The topological polar surface area (TPSA) is 17.1 Å². The van der Waals surface area contributed by atoms with Crippen LogP contribution in [0, 0.1) is 17.8 Å². The van der Waals surface area contributed by atoms with Crippen LogP contribution in [0.25, 0.3) is 0 Å². The lowest BCUT2D eigenvalue weighted by atomic mass is 9.74. The minimum absolute atomic E-state index is 0.365. The molecule has 0 saturated heterocycles. The summed E-state index contributed by atoms with van der Waals surface area (Å²) in [7, 11) is 0. The number of carbonyl (C=O) groups excluding carboxylic acids is 1. The smallest absolute Gasteiger partial charge is 0.123 e. The molecule has 64 valence electrons. The molecule has 1 fully saturated rings. The average molecular weight is 154 g/mol. The van der Waals surface area contributed by atoms with Crippen LogP contribution in [0.15, 0.2) is 0 Å². The van der Waals surface area contributed by atoms with Crippen LogP contribution in [0.4, 0.5) is 0 Å². The van der Waals surface area contributed by atoms with Crippen molar-refractivity contribution in [2.24, 2.45) is 17.8 Å². The summed E-state index contributed by atoms with van der Waals surface area (Å²) in [6.07, 6.45) is 6.15. The fraction of sp³-hybridized carbons (Fsp3) is 0.900. The van der Waals surface area contributed by atoms with E-state index in [1.54, 1.807) is 0 Å². The minimum atomic E-state index is 0.365. The largest absolute Gasteiger partial charge is 0.303 e. The zero-order valence-electron chi connectivity index (χ0n) is 7.55. The molecular formula is C10H18O. The Kier molecular flexibility index (Phi) is 3.10. The van der Waals surface area contributed by atoms with E-state index in [0.29, 0.717) is 17.8 Å². The fourth-order valence-corrected chi connectivity index (χ4v) is 2.18. The number of carbonyl (C=O) groups is 1. The van der Waals surface area contributed by atoms with E-state index in [1.807, 2.05) is 0 Å². The van der Waals surface area contributed by atoms with Gasteiger partial charge < -0.3 is 4.79 Å². The first-order valence-corrected chi connectivity index (χ1v) is 4.71. The molecule has 1 heteroatoms. The summed E-state index contributed by atoms with van der Waals surface area (Å²) in [5, 5.41) is 0. The number of hydrogen-bond acceptors (Lipinski definition) is 1. The van der Waals surface area contributed by atoms with Crippen molar-refractivity contribution in [3.8, 4) is 0 Å². The first kappa shape index (κ1) is 8.76. The van der Waals surface area contributed by atoms with Crippen molar-refractivity contribution in [2.45, 2.75) is 39.5 Å². The lowest BCUT2D eigenvalue weighted by Crippen LogP contribution is -2.24. The lowest BCUT2D eigenvalue weighted by molar-refractivity contribution is -0.114. The Bertz CT molecular complexity index is 129. The molecule has 0 heterocycles. The maximum absolute atomic E-state index is 10.7. The highest BCUT2D eigenvalue weighted by Crippen LogP contribution is 2.33. The van der Waals surface area contributed by atoms with Crippen LogP contribution in [-0.4, -0.2) is 6.29 Å². The van der Waals surface area contributed by atoms with E-state index in [1.165, 1.54) is 25.5 Å². The zero-order chi connectivity index (χ0) is 8.27. The molecule has 0 aromatic heterocycles. The summed E-state index contributed by atoms with van der Waals surface area (Å²) in [5.41, 5.74) is 0. The lowest BCUT2D eigenvalue weighted by Gasteiger charge is -2.30. The molecule has 1 rings (SSSR count). The molecule has 0 aliphatic heterocycles. The van der Waals surface area contributed by atoms with Crippen LogP contribution >= 0.6 is 0 Å². The summed E-state index contributed by atoms with van der Waals surface area (Å²) < 4.78 is 0. The summed E-state index contributed by atoms with van der Waals surface area (Å²) in [4.78, 5) is 10.7. The van der Waals surface area contributed by atoms with E-state index in [-0.39, 0.29) is 0 Å². The maximum atomic E-state index is 10.7. The van der Waals surface area contributed by atoms with Gasteiger partial charge in [-0.3, -0.25) is 0 Å². The molecule has 0 N–H and O–H groups in total. The van der Waals surface area contributed by atoms with Crippen LogP contribution in [-0.2, 0) is 4.79 Å². The molecule has 11 heavy (non-hydrogen) atoms. The van der Waals surface area contributed by atoms with Gasteiger partial charge in [-0.15, -0.1) is 0 Å². The Labute approximate surface area is 69.2 Å². The van der Waals surface area contributed by atoms with Gasteiger partial charge in [0.2, 0.25) is 0 Å². The molecule has 0 amide bonds. The second-order valence-electron chi connectivity index (χ2n) is 3.99. The zero-order valence-corrected chi connectivity index (χ0v) is 7.55. The van der Waals surface area contributed by atoms with Gasteiger partial charge in [0.1, 0.15) is 6.29 Å². The predicted octanol–water partition coefficient (Wildman–Crippen LogP) is 2.65. The van der Waals surface area contributed by atoms with Crippen LogP contribution in [0.1, 0.15) is 39.5 Å². The maximum Gasteiger partial charge on any atom is 0.123 e. The van der Waals surface area contributed by atoms with E-state index in [4.69, 9.17) is 0 Å². The fourth-order valence-electron chi connectivity index (χ4n) is 2.18. The average Bonchev–Trinajstić information content (AvgIpc) is 2.04. The Balaban J connectivity index is 2.51. The predicted molar refractivity (Wildman–Crippen MR) is 46.4 cm³/mol. The molecule has 0 spiro atoms. The van der Waals surface area contributed by atoms with Gasteiger partial charge >= 0.3 is 0 Å². The highest BCUT2D eigenvalue weighted by Gasteiger charge is 2.26. The van der Waals surface area contributed by atoms with Crippen molar-refractivity contribution < 1.29 is 4.79 Å². The summed E-state index contributed by atoms with van der Waals surface area (Å²) in [6, 6.07) is 0. The molecule has 1 aliphatic rings. The first-order valence-electron chi connectivity index (χ1n) is 4.71. The third kappa shape index (κ3) is 2.05. The second kappa shape index (κ2) is 3.89. The van der Waals surface area contributed by atoms with Gasteiger partial charge in [-0.25, -0.2) is 0 Å². The molecule has 1 aliphatic carbocycles. The van der Waals surface area contributed by atoms with E-state index >= 15 is 0 Å². The van der Waals surface area contributed by atoms with Crippen molar-refractivity contribution in [3.63, 3.8) is 0 Å². The molecule has 0 radical (unpaired) electrons. The highest BCUT2D eigenvalue weighted by molar-refractivity contribution is 5.54.